The Balaban J connectivity index is 3.24. The number of hydrogen-bond acceptors (Lipinski definition) is 2. The molecule has 1 aromatic rings. The van der Waals surface area contributed by atoms with Crippen LogP contribution in [0.4, 0.5) is 10.1 Å². The minimum absolute atomic E-state index is 0.0426. The van der Waals surface area contributed by atoms with Crippen molar-refractivity contribution in [3.8, 4) is 0 Å². The lowest BCUT2D eigenvalue weighted by Crippen LogP contribution is -2.45. The van der Waals surface area contributed by atoms with Gasteiger partial charge in [-0.1, -0.05) is 6.08 Å². The zero-order chi connectivity index (χ0) is 14.8. The molecular formula is C14H18BrFN2O. The van der Waals surface area contributed by atoms with Crippen molar-refractivity contribution in [2.45, 2.75) is 26.3 Å². The molecule has 0 bridgehead atoms. The van der Waals surface area contributed by atoms with Crippen LogP contribution >= 0.6 is 15.9 Å². The number of carbonyl (C=O) groups excluding carboxylic acids is 1. The number of nitrogens with two attached hydrogens (primary N) is 1. The quantitative estimate of drug-likeness (QED) is 0.680. The lowest BCUT2D eigenvalue weighted by atomic mass is 10.0. The highest BCUT2D eigenvalue weighted by atomic mass is 79.9. The van der Waals surface area contributed by atoms with Gasteiger partial charge in [0.05, 0.1) is 11.3 Å². The molecule has 0 spiro atoms. The topological polar surface area (TPSA) is 46.3 Å². The molecule has 0 aliphatic heterocycles. The van der Waals surface area contributed by atoms with Gasteiger partial charge in [-0.2, -0.15) is 0 Å². The van der Waals surface area contributed by atoms with Crippen molar-refractivity contribution in [3.05, 3.63) is 40.6 Å². The van der Waals surface area contributed by atoms with E-state index in [9.17, 15) is 9.18 Å². The molecule has 1 amide bonds. The van der Waals surface area contributed by atoms with E-state index in [-0.39, 0.29) is 17.1 Å². The second-order valence-electron chi connectivity index (χ2n) is 5.23. The Morgan fingerprint density at radius 1 is 1.53 bits per heavy atom. The van der Waals surface area contributed by atoms with Crippen LogP contribution < -0.4 is 5.73 Å². The van der Waals surface area contributed by atoms with Crippen LogP contribution in [0.15, 0.2) is 29.3 Å². The Bertz CT molecular complexity index is 509. The molecule has 1 aromatic carbocycles. The van der Waals surface area contributed by atoms with Crippen LogP contribution in [0.5, 0.6) is 0 Å². The number of anilines is 1. The summed E-state index contributed by atoms with van der Waals surface area (Å²) in [4.78, 5) is 14.2. The Morgan fingerprint density at radius 3 is 2.58 bits per heavy atom. The van der Waals surface area contributed by atoms with E-state index in [0.717, 1.165) is 0 Å². The van der Waals surface area contributed by atoms with Gasteiger partial charge in [0.15, 0.2) is 0 Å². The normalized spacial score (nSPS) is 11.2. The summed E-state index contributed by atoms with van der Waals surface area (Å²) in [5, 5.41) is 0. The summed E-state index contributed by atoms with van der Waals surface area (Å²) in [7, 11) is 0. The Labute approximate surface area is 121 Å². The minimum atomic E-state index is -0.547. The maximum atomic E-state index is 13.3. The first-order valence-electron chi connectivity index (χ1n) is 5.86. The number of benzene rings is 1. The smallest absolute Gasteiger partial charge is 0.255 e. The molecule has 19 heavy (non-hydrogen) atoms. The van der Waals surface area contributed by atoms with E-state index in [4.69, 9.17) is 5.73 Å². The molecule has 1 rings (SSSR count). The molecule has 0 radical (unpaired) electrons. The lowest BCUT2D eigenvalue weighted by molar-refractivity contribution is 0.0615. The van der Waals surface area contributed by atoms with Gasteiger partial charge in [-0.25, -0.2) is 4.39 Å². The maximum absolute atomic E-state index is 13.3. The van der Waals surface area contributed by atoms with E-state index in [1.54, 1.807) is 11.0 Å². The van der Waals surface area contributed by atoms with Crippen molar-refractivity contribution in [1.82, 2.24) is 4.90 Å². The average Bonchev–Trinajstić information content (AvgIpc) is 2.28. The average molecular weight is 329 g/mol. The molecule has 0 aromatic heterocycles. The third-order valence-electron chi connectivity index (χ3n) is 2.68. The molecule has 0 saturated heterocycles. The molecule has 2 N–H and O–H groups in total. The molecule has 0 unspecified atom stereocenters. The van der Waals surface area contributed by atoms with Crippen LogP contribution in [0.1, 0.15) is 31.1 Å². The van der Waals surface area contributed by atoms with E-state index in [2.05, 4.69) is 22.5 Å². The van der Waals surface area contributed by atoms with Crippen molar-refractivity contribution in [2.75, 3.05) is 12.3 Å². The van der Waals surface area contributed by atoms with E-state index in [0.29, 0.717) is 16.6 Å². The molecule has 104 valence electrons. The fraction of sp³-hybridized carbons (Fsp3) is 0.357. The molecule has 0 aliphatic carbocycles. The Hall–Kier alpha value is -1.36. The maximum Gasteiger partial charge on any atom is 0.255 e. The van der Waals surface area contributed by atoms with E-state index in [1.807, 2.05) is 20.8 Å². The van der Waals surface area contributed by atoms with Crippen molar-refractivity contribution >= 4 is 27.5 Å². The fourth-order valence-corrected chi connectivity index (χ4v) is 2.15. The molecule has 3 nitrogen and oxygen atoms in total. The first kappa shape index (κ1) is 15.7. The zero-order valence-corrected chi connectivity index (χ0v) is 12.9. The standard InChI is InChI=1S/C14H18BrFN2O/c1-5-6-18(14(2,3)4)13(19)9-7-12(17)11(16)8-10(9)15/h5,7-8H,1,6,17H2,2-4H3. The van der Waals surface area contributed by atoms with E-state index < -0.39 is 5.82 Å². The van der Waals surface area contributed by atoms with Crippen LogP contribution in [-0.2, 0) is 0 Å². The number of nitrogen functional groups attached to an aromatic ring is 1. The molecule has 0 heterocycles. The summed E-state index contributed by atoms with van der Waals surface area (Å²) >= 11 is 3.20. The molecule has 5 heteroatoms. The van der Waals surface area contributed by atoms with Crippen LogP contribution in [0.25, 0.3) is 0 Å². The van der Waals surface area contributed by atoms with Gasteiger partial charge in [-0.15, -0.1) is 6.58 Å². The molecular weight excluding hydrogens is 311 g/mol. The van der Waals surface area contributed by atoms with Gasteiger partial charge in [0.25, 0.3) is 5.91 Å². The molecule has 0 atom stereocenters. The third kappa shape index (κ3) is 3.56. The first-order chi connectivity index (χ1) is 8.68. The second-order valence-corrected chi connectivity index (χ2v) is 6.08. The number of rotatable bonds is 3. The van der Waals surface area contributed by atoms with Gasteiger partial charge in [0.2, 0.25) is 0 Å². The summed E-state index contributed by atoms with van der Waals surface area (Å²) in [5.41, 5.74) is 5.46. The highest BCUT2D eigenvalue weighted by molar-refractivity contribution is 9.10. The van der Waals surface area contributed by atoms with Crippen LogP contribution in [0.3, 0.4) is 0 Å². The summed E-state index contributed by atoms with van der Waals surface area (Å²) in [5.74, 6) is -0.763. The summed E-state index contributed by atoms with van der Waals surface area (Å²) in [6.45, 7) is 9.84. The predicted octanol–water partition coefficient (Wildman–Crippen LogP) is 3.60. The van der Waals surface area contributed by atoms with E-state index >= 15 is 0 Å². The van der Waals surface area contributed by atoms with Gasteiger partial charge >= 0.3 is 0 Å². The lowest BCUT2D eigenvalue weighted by Gasteiger charge is -2.35. The number of amides is 1. The Kier molecular flexibility index (Phi) is 4.74. The van der Waals surface area contributed by atoms with Gasteiger partial charge in [-0.3, -0.25) is 4.79 Å². The summed E-state index contributed by atoms with van der Waals surface area (Å²) in [6.07, 6.45) is 1.66. The van der Waals surface area contributed by atoms with Crippen molar-refractivity contribution < 1.29 is 9.18 Å². The Morgan fingerprint density at radius 2 is 2.11 bits per heavy atom. The highest BCUT2D eigenvalue weighted by Crippen LogP contribution is 2.26. The predicted molar refractivity (Wildman–Crippen MR) is 79.5 cm³/mol. The van der Waals surface area contributed by atoms with Gasteiger partial charge in [-0.05, 0) is 48.8 Å². The molecule has 0 fully saturated rings. The van der Waals surface area contributed by atoms with Gasteiger partial charge in [0.1, 0.15) is 5.82 Å². The third-order valence-corrected chi connectivity index (χ3v) is 3.34. The number of nitrogens with zero attached hydrogens (tertiary/aromatic N) is 1. The summed E-state index contributed by atoms with van der Waals surface area (Å²) < 4.78 is 13.7. The van der Waals surface area contributed by atoms with Crippen LogP contribution in [-0.4, -0.2) is 22.9 Å². The second kappa shape index (κ2) is 5.74. The van der Waals surface area contributed by atoms with Crippen LogP contribution in [0.2, 0.25) is 0 Å². The SMILES string of the molecule is C=CCN(C(=O)c1cc(N)c(F)cc1Br)C(C)(C)C. The minimum Gasteiger partial charge on any atom is -0.396 e. The monoisotopic (exact) mass is 328 g/mol. The van der Waals surface area contributed by atoms with Crippen LogP contribution in [0, 0.1) is 5.82 Å². The first-order valence-corrected chi connectivity index (χ1v) is 6.65. The highest BCUT2D eigenvalue weighted by Gasteiger charge is 2.28. The number of halogens is 2. The van der Waals surface area contributed by atoms with Gasteiger partial charge < -0.3 is 10.6 Å². The van der Waals surface area contributed by atoms with E-state index in [1.165, 1.54) is 12.1 Å². The van der Waals surface area contributed by atoms with Crippen molar-refractivity contribution in [3.63, 3.8) is 0 Å². The fourth-order valence-electron chi connectivity index (χ4n) is 1.67. The zero-order valence-electron chi connectivity index (χ0n) is 11.3. The molecule has 0 saturated carbocycles. The van der Waals surface area contributed by atoms with Crippen molar-refractivity contribution in [2.24, 2.45) is 0 Å². The van der Waals surface area contributed by atoms with Gasteiger partial charge in [0, 0.05) is 16.6 Å². The number of carbonyl (C=O) groups is 1. The largest absolute Gasteiger partial charge is 0.396 e. The molecule has 0 aliphatic rings. The van der Waals surface area contributed by atoms with Crippen molar-refractivity contribution in [1.29, 1.82) is 0 Å². The number of hydrogen-bond donors (Lipinski definition) is 1. The summed E-state index contributed by atoms with van der Waals surface area (Å²) in [6, 6.07) is 2.56.